The molecular weight excluding hydrogens is 554 g/mol. The van der Waals surface area contributed by atoms with Gasteiger partial charge in [0.1, 0.15) is 5.75 Å². The molecule has 3 aliphatic heterocycles. The monoisotopic (exact) mass is 599 g/mol. The summed E-state index contributed by atoms with van der Waals surface area (Å²) in [6.45, 7) is 6.30. The highest BCUT2D eigenvalue weighted by Crippen LogP contribution is 2.67. The van der Waals surface area contributed by atoms with Crippen LogP contribution in [0.1, 0.15) is 32.3 Å². The summed E-state index contributed by atoms with van der Waals surface area (Å²) in [7, 11) is 8.57. The van der Waals surface area contributed by atoms with Gasteiger partial charge in [0.05, 0.1) is 32.5 Å². The van der Waals surface area contributed by atoms with E-state index in [2.05, 4.69) is 15.5 Å². The zero-order valence-electron chi connectivity index (χ0n) is 26.2. The normalized spacial score (nSPS) is 32.2. The highest BCUT2D eigenvalue weighted by molar-refractivity contribution is 5.95. The molecule has 1 saturated heterocycles. The van der Waals surface area contributed by atoms with Crippen LogP contribution in [0.2, 0.25) is 0 Å². The number of hydrogen-bond donors (Lipinski definition) is 3. The van der Waals surface area contributed by atoms with Gasteiger partial charge in [-0.25, -0.2) is 4.79 Å². The maximum atomic E-state index is 13.8. The Hall–Kier alpha value is -3.19. The SMILES string of the molecule is CC[C@]12C=CCN3CC[C@@]4(c5cc(NC(=O)CNCCN(C)C)c(OC)cc5N(C)[C@H]4[C@@](O)(C(=O)OC)[C@@H]1OC(C)=O)[C@@H]32. The fourth-order valence-electron chi connectivity index (χ4n) is 8.55. The van der Waals surface area contributed by atoms with Gasteiger partial charge < -0.3 is 39.8 Å². The number of carbonyl (C=O) groups is 3. The van der Waals surface area contributed by atoms with E-state index in [0.29, 0.717) is 43.9 Å². The van der Waals surface area contributed by atoms with Gasteiger partial charge in [-0.3, -0.25) is 14.5 Å². The molecule has 12 nitrogen and oxygen atoms in total. The van der Waals surface area contributed by atoms with Crippen molar-refractivity contribution in [3.63, 3.8) is 0 Å². The van der Waals surface area contributed by atoms with E-state index in [9.17, 15) is 19.5 Å². The zero-order chi connectivity index (χ0) is 31.3. The molecule has 0 unspecified atom stereocenters. The summed E-state index contributed by atoms with van der Waals surface area (Å²) >= 11 is 0. The van der Waals surface area contributed by atoms with Crippen LogP contribution in [0.5, 0.6) is 5.75 Å². The van der Waals surface area contributed by atoms with Gasteiger partial charge in [0.15, 0.2) is 6.10 Å². The van der Waals surface area contributed by atoms with Crippen molar-refractivity contribution in [2.24, 2.45) is 5.41 Å². The quantitative estimate of drug-likeness (QED) is 0.200. The second kappa shape index (κ2) is 11.4. The van der Waals surface area contributed by atoms with Crippen LogP contribution in [0.15, 0.2) is 24.3 Å². The van der Waals surface area contributed by atoms with E-state index in [-0.39, 0.29) is 18.5 Å². The van der Waals surface area contributed by atoms with Crippen molar-refractivity contribution in [1.82, 2.24) is 15.1 Å². The number of amides is 1. The number of likely N-dealkylation sites (N-methyl/N-ethyl adjacent to an activating group) is 2. The third-order valence-electron chi connectivity index (χ3n) is 10.0. The number of fused-ring (bicyclic) bond motifs is 1. The number of benzene rings is 1. The molecule has 3 N–H and O–H groups in total. The van der Waals surface area contributed by atoms with Gasteiger partial charge in [0.25, 0.3) is 0 Å². The molecule has 3 heterocycles. The third kappa shape index (κ3) is 4.52. The van der Waals surface area contributed by atoms with Gasteiger partial charge >= 0.3 is 11.9 Å². The molecule has 1 aromatic rings. The van der Waals surface area contributed by atoms with E-state index in [0.717, 1.165) is 17.8 Å². The van der Waals surface area contributed by atoms with Crippen molar-refractivity contribution in [3.8, 4) is 5.75 Å². The number of nitrogens with zero attached hydrogens (tertiary/aromatic N) is 3. The zero-order valence-corrected chi connectivity index (χ0v) is 26.2. The number of esters is 2. The first-order valence-electron chi connectivity index (χ1n) is 14.9. The summed E-state index contributed by atoms with van der Waals surface area (Å²) in [6, 6.07) is 2.76. The van der Waals surface area contributed by atoms with Crippen LogP contribution in [0.3, 0.4) is 0 Å². The van der Waals surface area contributed by atoms with Crippen molar-refractivity contribution >= 4 is 29.2 Å². The van der Waals surface area contributed by atoms with Gasteiger partial charge in [-0.15, -0.1) is 0 Å². The van der Waals surface area contributed by atoms with Crippen LogP contribution in [0, 0.1) is 5.41 Å². The molecule has 6 atom stereocenters. The standard InChI is InChI=1S/C31H45N5O7/c1-8-29-10-9-13-36-14-11-30(25(29)36)20-16-21(33-24(38)18-32-12-15-34(3)4)23(41-6)17-22(20)35(5)26(30)31(40,28(39)42-7)27(29)43-19(2)37/h9-10,16-17,25-27,32,40H,8,11-15,18H2,1-7H3,(H,33,38)/t25-,26+,27+,29+,30+,31-/m0/s1. The molecule has 1 spiro atoms. The predicted octanol–water partition coefficient (Wildman–Crippen LogP) is 0.731. The Morgan fingerprint density at radius 2 is 1.93 bits per heavy atom. The molecule has 1 amide bonds. The first-order chi connectivity index (χ1) is 20.4. The van der Waals surface area contributed by atoms with Crippen LogP contribution in [-0.2, 0) is 29.3 Å². The summed E-state index contributed by atoms with van der Waals surface area (Å²) in [5.41, 5.74) is -1.66. The van der Waals surface area contributed by atoms with Crippen LogP contribution >= 0.6 is 0 Å². The van der Waals surface area contributed by atoms with Crippen LogP contribution in [-0.4, -0.2) is 125 Å². The number of hydrogen-bond acceptors (Lipinski definition) is 11. The van der Waals surface area contributed by atoms with Crippen molar-refractivity contribution in [3.05, 3.63) is 29.8 Å². The van der Waals surface area contributed by atoms with Gasteiger partial charge in [0.2, 0.25) is 11.5 Å². The van der Waals surface area contributed by atoms with Crippen LogP contribution in [0.25, 0.3) is 0 Å². The second-order valence-electron chi connectivity index (χ2n) is 12.5. The Morgan fingerprint density at radius 1 is 1.19 bits per heavy atom. The fourth-order valence-corrected chi connectivity index (χ4v) is 8.55. The van der Waals surface area contributed by atoms with Crippen molar-refractivity contribution in [2.45, 2.75) is 55.9 Å². The summed E-state index contributed by atoms with van der Waals surface area (Å²) < 4.78 is 17.0. The molecule has 1 aliphatic carbocycles. The second-order valence-corrected chi connectivity index (χ2v) is 12.5. The maximum Gasteiger partial charge on any atom is 0.344 e. The Labute approximate surface area is 253 Å². The van der Waals surface area contributed by atoms with E-state index in [1.165, 1.54) is 14.0 Å². The lowest BCUT2D eigenvalue weighted by Gasteiger charge is -2.63. The lowest BCUT2D eigenvalue weighted by atomic mass is 9.47. The number of anilines is 2. The predicted molar refractivity (Wildman–Crippen MR) is 161 cm³/mol. The molecule has 1 aromatic carbocycles. The summed E-state index contributed by atoms with van der Waals surface area (Å²) in [5, 5.41) is 18.9. The van der Waals surface area contributed by atoms with E-state index < -0.39 is 40.5 Å². The molecule has 12 heteroatoms. The average molecular weight is 600 g/mol. The molecule has 0 radical (unpaired) electrons. The van der Waals surface area contributed by atoms with Gasteiger partial charge in [-0.1, -0.05) is 19.1 Å². The topological polar surface area (TPSA) is 133 Å². The number of methoxy groups -OCH3 is 2. The van der Waals surface area contributed by atoms with Crippen LogP contribution < -0.4 is 20.3 Å². The molecule has 1 saturated carbocycles. The highest BCUT2D eigenvalue weighted by Gasteiger charge is 2.80. The third-order valence-corrected chi connectivity index (χ3v) is 10.0. The minimum atomic E-state index is -2.20. The van der Waals surface area contributed by atoms with Gasteiger partial charge in [-0.05, 0) is 45.1 Å². The summed E-state index contributed by atoms with van der Waals surface area (Å²) in [6.07, 6.45) is 4.02. The van der Waals surface area contributed by atoms with Crippen molar-refractivity contribution in [2.75, 3.05) is 78.3 Å². The van der Waals surface area contributed by atoms with Crippen molar-refractivity contribution < 1.29 is 33.7 Å². The molecule has 4 aliphatic rings. The molecular formula is C31H45N5O7. The van der Waals surface area contributed by atoms with Crippen molar-refractivity contribution in [1.29, 1.82) is 0 Å². The summed E-state index contributed by atoms with van der Waals surface area (Å²) in [4.78, 5) is 45.7. The molecule has 236 valence electrons. The fraction of sp³-hybridized carbons (Fsp3) is 0.645. The molecule has 2 fully saturated rings. The van der Waals surface area contributed by atoms with E-state index >= 15 is 0 Å². The Balaban J connectivity index is 1.67. The smallest absolute Gasteiger partial charge is 0.344 e. The number of aliphatic hydroxyl groups is 1. The first kappa shape index (κ1) is 31.2. The Bertz CT molecular complexity index is 1320. The minimum absolute atomic E-state index is 0.133. The number of rotatable bonds is 10. The van der Waals surface area contributed by atoms with Crippen LogP contribution in [0.4, 0.5) is 11.4 Å². The largest absolute Gasteiger partial charge is 0.494 e. The number of nitrogens with one attached hydrogen (secondary N) is 2. The Morgan fingerprint density at radius 3 is 2.56 bits per heavy atom. The highest BCUT2D eigenvalue weighted by atomic mass is 16.6. The number of ether oxygens (including phenoxy) is 3. The van der Waals surface area contributed by atoms with E-state index in [4.69, 9.17) is 14.2 Å². The van der Waals surface area contributed by atoms with Gasteiger partial charge in [-0.2, -0.15) is 0 Å². The molecule has 0 bridgehead atoms. The maximum absolute atomic E-state index is 13.8. The van der Waals surface area contributed by atoms with E-state index in [1.807, 2.05) is 62.2 Å². The number of carbonyl (C=O) groups excluding carboxylic acids is 3. The van der Waals surface area contributed by atoms with E-state index in [1.54, 1.807) is 7.11 Å². The molecule has 0 aromatic heterocycles. The first-order valence-corrected chi connectivity index (χ1v) is 14.9. The minimum Gasteiger partial charge on any atom is -0.494 e. The molecule has 43 heavy (non-hydrogen) atoms. The molecule has 5 rings (SSSR count). The Kier molecular flexibility index (Phi) is 8.27. The lowest BCUT2D eigenvalue weighted by molar-refractivity contribution is -0.228. The van der Waals surface area contributed by atoms with Gasteiger partial charge in [0, 0.05) is 62.2 Å². The average Bonchev–Trinajstić information content (AvgIpc) is 3.48. The lowest BCUT2D eigenvalue weighted by Crippen LogP contribution is -2.81. The summed E-state index contributed by atoms with van der Waals surface area (Å²) in [5.74, 6) is -1.19.